The quantitative estimate of drug-likeness (QED) is 0.792. The number of urea groups is 1. The van der Waals surface area contributed by atoms with Crippen LogP contribution in [0.5, 0.6) is 0 Å². The summed E-state index contributed by atoms with van der Waals surface area (Å²) in [5, 5.41) is 7.85. The smallest absolute Gasteiger partial charge is 0.319 e. The van der Waals surface area contributed by atoms with Crippen LogP contribution in [0.2, 0.25) is 0 Å². The fourth-order valence-corrected chi connectivity index (χ4v) is 2.04. The minimum Gasteiger partial charge on any atom is -0.467 e. The second-order valence-corrected chi connectivity index (χ2v) is 5.04. The molecule has 6 nitrogen and oxygen atoms in total. The van der Waals surface area contributed by atoms with E-state index in [0.717, 1.165) is 11.1 Å². The van der Waals surface area contributed by atoms with Crippen molar-refractivity contribution in [1.29, 1.82) is 0 Å². The van der Waals surface area contributed by atoms with Gasteiger partial charge in [-0.15, -0.1) is 0 Å². The summed E-state index contributed by atoms with van der Waals surface area (Å²) >= 11 is 0. The molecule has 116 valence electrons. The summed E-state index contributed by atoms with van der Waals surface area (Å²) in [5.41, 5.74) is 2.82. The van der Waals surface area contributed by atoms with Crippen molar-refractivity contribution in [1.82, 2.24) is 10.6 Å². The molecule has 0 aliphatic carbocycles. The molecule has 3 N–H and O–H groups in total. The van der Waals surface area contributed by atoms with Gasteiger partial charge in [-0.3, -0.25) is 4.79 Å². The minimum absolute atomic E-state index is 0.0999. The van der Waals surface area contributed by atoms with E-state index in [-0.39, 0.29) is 12.5 Å². The maximum atomic E-state index is 11.8. The van der Waals surface area contributed by atoms with Gasteiger partial charge in [-0.05, 0) is 49.2 Å². The second kappa shape index (κ2) is 7.31. The molecule has 6 heteroatoms. The van der Waals surface area contributed by atoms with Crippen LogP contribution in [-0.4, -0.2) is 18.5 Å². The molecule has 3 amide bonds. The average molecular weight is 301 g/mol. The molecule has 0 unspecified atom stereocenters. The van der Waals surface area contributed by atoms with Crippen LogP contribution in [0.1, 0.15) is 16.9 Å². The van der Waals surface area contributed by atoms with Crippen molar-refractivity contribution in [2.75, 3.05) is 11.9 Å². The topological polar surface area (TPSA) is 83.4 Å². The number of furan rings is 1. The first-order valence-corrected chi connectivity index (χ1v) is 6.95. The highest BCUT2D eigenvalue weighted by molar-refractivity contribution is 5.92. The summed E-state index contributed by atoms with van der Waals surface area (Å²) in [7, 11) is 0. The van der Waals surface area contributed by atoms with Crippen molar-refractivity contribution in [2.24, 2.45) is 0 Å². The Hall–Kier alpha value is -2.76. The molecule has 22 heavy (non-hydrogen) atoms. The van der Waals surface area contributed by atoms with Gasteiger partial charge < -0.3 is 20.4 Å². The van der Waals surface area contributed by atoms with Crippen molar-refractivity contribution in [3.05, 3.63) is 53.5 Å². The van der Waals surface area contributed by atoms with Crippen LogP contribution in [0.15, 0.2) is 41.0 Å². The number of carbonyl (C=O) groups is 2. The molecule has 0 fully saturated rings. The molecule has 0 aliphatic rings. The van der Waals surface area contributed by atoms with E-state index in [2.05, 4.69) is 16.0 Å². The average Bonchev–Trinajstić information content (AvgIpc) is 2.95. The Kier molecular flexibility index (Phi) is 5.19. The number of anilines is 1. The van der Waals surface area contributed by atoms with E-state index in [0.29, 0.717) is 18.0 Å². The number of aryl methyl sites for hydroxylation is 2. The fourth-order valence-electron chi connectivity index (χ4n) is 2.04. The predicted molar refractivity (Wildman–Crippen MR) is 83.5 cm³/mol. The molecule has 0 radical (unpaired) electrons. The monoisotopic (exact) mass is 301 g/mol. The van der Waals surface area contributed by atoms with Gasteiger partial charge >= 0.3 is 6.03 Å². The first-order valence-electron chi connectivity index (χ1n) is 6.95. The summed E-state index contributed by atoms with van der Waals surface area (Å²) in [5.74, 6) is 0.375. The molecular formula is C16H19N3O3. The summed E-state index contributed by atoms with van der Waals surface area (Å²) in [6.45, 7) is 4.11. The van der Waals surface area contributed by atoms with E-state index in [1.165, 1.54) is 6.26 Å². The maximum Gasteiger partial charge on any atom is 0.319 e. The van der Waals surface area contributed by atoms with Gasteiger partial charge in [0.05, 0.1) is 19.4 Å². The summed E-state index contributed by atoms with van der Waals surface area (Å²) < 4.78 is 5.10. The highest BCUT2D eigenvalue weighted by Gasteiger charge is 2.06. The van der Waals surface area contributed by atoms with Crippen molar-refractivity contribution < 1.29 is 14.0 Å². The Morgan fingerprint density at radius 2 is 1.82 bits per heavy atom. The molecule has 0 spiro atoms. The van der Waals surface area contributed by atoms with Gasteiger partial charge in [0.15, 0.2) is 0 Å². The lowest BCUT2D eigenvalue weighted by Crippen LogP contribution is -2.38. The number of nitrogens with one attached hydrogen (secondary N) is 3. The molecule has 0 saturated carbocycles. The van der Waals surface area contributed by atoms with Gasteiger partial charge in [-0.1, -0.05) is 6.07 Å². The van der Waals surface area contributed by atoms with E-state index in [1.54, 1.807) is 12.1 Å². The third-order valence-electron chi connectivity index (χ3n) is 2.93. The van der Waals surface area contributed by atoms with Crippen LogP contribution in [0, 0.1) is 13.8 Å². The van der Waals surface area contributed by atoms with E-state index in [1.807, 2.05) is 32.0 Å². The molecule has 2 rings (SSSR count). The first-order chi connectivity index (χ1) is 10.5. The zero-order chi connectivity index (χ0) is 15.9. The number of benzene rings is 1. The molecule has 1 aromatic carbocycles. The Balaban J connectivity index is 1.73. The lowest BCUT2D eigenvalue weighted by molar-refractivity contribution is -0.120. The molecule has 0 atom stereocenters. The maximum absolute atomic E-state index is 11.8. The van der Waals surface area contributed by atoms with Crippen molar-refractivity contribution in [3.63, 3.8) is 0 Å². The van der Waals surface area contributed by atoms with E-state index in [4.69, 9.17) is 4.42 Å². The number of amides is 3. The van der Waals surface area contributed by atoms with Gasteiger partial charge in [0, 0.05) is 5.69 Å². The number of rotatable bonds is 5. The van der Waals surface area contributed by atoms with E-state index in [9.17, 15) is 9.59 Å². The third kappa shape index (κ3) is 4.97. The van der Waals surface area contributed by atoms with Crippen LogP contribution in [0.25, 0.3) is 0 Å². The van der Waals surface area contributed by atoms with Crippen LogP contribution < -0.4 is 16.0 Å². The Labute approximate surface area is 128 Å². The number of carbonyl (C=O) groups excluding carboxylic acids is 2. The van der Waals surface area contributed by atoms with Gasteiger partial charge in [-0.25, -0.2) is 4.79 Å². The van der Waals surface area contributed by atoms with Gasteiger partial charge in [0.25, 0.3) is 0 Å². The van der Waals surface area contributed by atoms with E-state index >= 15 is 0 Å². The van der Waals surface area contributed by atoms with Gasteiger partial charge in [0.1, 0.15) is 5.76 Å². The molecule has 0 bridgehead atoms. The third-order valence-corrected chi connectivity index (χ3v) is 2.93. The van der Waals surface area contributed by atoms with Gasteiger partial charge in [-0.2, -0.15) is 0 Å². The zero-order valence-electron chi connectivity index (χ0n) is 12.6. The van der Waals surface area contributed by atoms with Crippen LogP contribution in [0.3, 0.4) is 0 Å². The molecule has 0 aliphatic heterocycles. The first kappa shape index (κ1) is 15.6. The number of hydrogen-bond acceptors (Lipinski definition) is 3. The Morgan fingerprint density at radius 3 is 2.45 bits per heavy atom. The molecule has 2 aromatic rings. The summed E-state index contributed by atoms with van der Waals surface area (Å²) in [6.07, 6.45) is 1.54. The molecular weight excluding hydrogens is 282 g/mol. The number of hydrogen-bond donors (Lipinski definition) is 3. The Bertz CT molecular complexity index is 630. The fraction of sp³-hybridized carbons (Fsp3) is 0.250. The standard InChI is InChI=1S/C16H19N3O3/c1-11-6-12(2)8-13(7-11)19-16(21)18-10-15(20)17-9-14-4-3-5-22-14/h3-8H,9-10H2,1-2H3,(H,17,20)(H2,18,19,21). The highest BCUT2D eigenvalue weighted by Crippen LogP contribution is 2.13. The summed E-state index contributed by atoms with van der Waals surface area (Å²) in [6, 6.07) is 8.84. The lowest BCUT2D eigenvalue weighted by Gasteiger charge is -2.09. The van der Waals surface area contributed by atoms with Crippen LogP contribution in [-0.2, 0) is 11.3 Å². The van der Waals surface area contributed by atoms with Gasteiger partial charge in [0.2, 0.25) is 5.91 Å². The van der Waals surface area contributed by atoms with Crippen molar-refractivity contribution >= 4 is 17.6 Å². The van der Waals surface area contributed by atoms with Crippen LogP contribution >= 0.6 is 0 Å². The molecule has 1 aromatic heterocycles. The highest BCUT2D eigenvalue weighted by atomic mass is 16.3. The largest absolute Gasteiger partial charge is 0.467 e. The van der Waals surface area contributed by atoms with Crippen LogP contribution in [0.4, 0.5) is 10.5 Å². The predicted octanol–water partition coefficient (Wildman–Crippen LogP) is 2.33. The van der Waals surface area contributed by atoms with Crippen molar-refractivity contribution in [3.8, 4) is 0 Å². The molecule has 0 saturated heterocycles. The normalized spacial score (nSPS) is 10.1. The minimum atomic E-state index is -0.418. The summed E-state index contributed by atoms with van der Waals surface area (Å²) in [4.78, 5) is 23.4. The lowest BCUT2D eigenvalue weighted by atomic mass is 10.1. The SMILES string of the molecule is Cc1cc(C)cc(NC(=O)NCC(=O)NCc2ccco2)c1. The zero-order valence-corrected chi connectivity index (χ0v) is 12.6. The Morgan fingerprint density at radius 1 is 1.09 bits per heavy atom. The van der Waals surface area contributed by atoms with E-state index < -0.39 is 6.03 Å². The molecule has 1 heterocycles. The van der Waals surface area contributed by atoms with Crippen molar-refractivity contribution in [2.45, 2.75) is 20.4 Å². The second-order valence-electron chi connectivity index (χ2n) is 5.04.